The van der Waals surface area contributed by atoms with Crippen molar-refractivity contribution in [1.82, 2.24) is 0 Å². The first-order valence-corrected chi connectivity index (χ1v) is 2.54. The zero-order valence-electron chi connectivity index (χ0n) is 2.99. The molecule has 4 heteroatoms. The standard InChI is InChI=1S/C2H6O2.ClH.Cu/c3-1-2-4;;/h3-4H,1-2H2;1H;/q;;+1/p-1. The minimum atomic E-state index is -0.125. The summed E-state index contributed by atoms with van der Waals surface area (Å²) >= 11 is 3.66. The van der Waals surface area contributed by atoms with E-state index in [1.165, 1.54) is 0 Å². The van der Waals surface area contributed by atoms with Crippen molar-refractivity contribution in [3.05, 3.63) is 0 Å². The van der Waals surface area contributed by atoms with Crippen molar-refractivity contribution < 1.29 is 25.3 Å². The average molecular weight is 161 g/mol. The van der Waals surface area contributed by atoms with Crippen molar-refractivity contribution in [2.24, 2.45) is 0 Å². The van der Waals surface area contributed by atoms with Gasteiger partial charge in [0.1, 0.15) is 0 Å². The molecule has 0 aromatic rings. The van der Waals surface area contributed by atoms with E-state index in [0.29, 0.717) is 0 Å². The van der Waals surface area contributed by atoms with E-state index in [-0.39, 0.29) is 13.2 Å². The van der Waals surface area contributed by atoms with Crippen LogP contribution in [0.2, 0.25) is 0 Å². The van der Waals surface area contributed by atoms with Gasteiger partial charge >= 0.3 is 25.2 Å². The first kappa shape index (κ1) is 9.88. The second kappa shape index (κ2) is 17.2. The Hall–Kier alpha value is 0.729. The zero-order valence-corrected chi connectivity index (χ0v) is 4.69. The van der Waals surface area contributed by atoms with Gasteiger partial charge in [-0.2, -0.15) is 0 Å². The zero-order chi connectivity index (χ0) is 5.41. The van der Waals surface area contributed by atoms with Crippen LogP contribution in [0.5, 0.6) is 0 Å². The normalized spacial score (nSPS) is 6.17. The summed E-state index contributed by atoms with van der Waals surface area (Å²) in [6.07, 6.45) is 0. The van der Waals surface area contributed by atoms with E-state index in [9.17, 15) is 0 Å². The van der Waals surface area contributed by atoms with Crippen LogP contribution in [-0.4, -0.2) is 23.4 Å². The molecule has 6 heavy (non-hydrogen) atoms. The number of halogens is 1. The monoisotopic (exact) mass is 160 g/mol. The quantitative estimate of drug-likeness (QED) is 0.516. The van der Waals surface area contributed by atoms with E-state index in [1.54, 1.807) is 0 Å². The van der Waals surface area contributed by atoms with Crippen LogP contribution in [0.1, 0.15) is 0 Å². The third kappa shape index (κ3) is 22.0. The summed E-state index contributed by atoms with van der Waals surface area (Å²) in [6.45, 7) is -0.250. The predicted molar refractivity (Wildman–Crippen MR) is 20.0 cm³/mol. The van der Waals surface area contributed by atoms with E-state index in [2.05, 4.69) is 25.2 Å². The van der Waals surface area contributed by atoms with Gasteiger partial charge in [-0.05, 0) is 0 Å². The maximum atomic E-state index is 7.62. The molecule has 2 N–H and O–H groups in total. The molecule has 0 amide bonds. The van der Waals surface area contributed by atoms with Gasteiger partial charge < -0.3 is 10.2 Å². The van der Waals surface area contributed by atoms with E-state index >= 15 is 0 Å². The van der Waals surface area contributed by atoms with Gasteiger partial charge in [0.15, 0.2) is 0 Å². The van der Waals surface area contributed by atoms with Crippen molar-refractivity contribution >= 4 is 10.1 Å². The summed E-state index contributed by atoms with van der Waals surface area (Å²) in [5.41, 5.74) is 0. The van der Waals surface area contributed by atoms with Crippen LogP contribution in [-0.2, 0) is 15.1 Å². The maximum absolute atomic E-state index is 7.62. The Balaban J connectivity index is 0. The Morgan fingerprint density at radius 1 is 1.17 bits per heavy atom. The molecule has 0 rings (SSSR count). The molecule has 0 unspecified atom stereocenters. The summed E-state index contributed by atoms with van der Waals surface area (Å²) in [5.74, 6) is 0. The molecule has 0 spiro atoms. The van der Waals surface area contributed by atoms with Gasteiger partial charge in [-0.3, -0.25) is 0 Å². The van der Waals surface area contributed by atoms with Crippen LogP contribution in [0.25, 0.3) is 0 Å². The molecule has 0 bridgehead atoms. The molecule has 0 saturated carbocycles. The topological polar surface area (TPSA) is 40.5 Å². The fraction of sp³-hybridized carbons (Fsp3) is 1.00. The summed E-state index contributed by atoms with van der Waals surface area (Å²) < 4.78 is 0. The first-order valence-electron chi connectivity index (χ1n) is 1.25. The van der Waals surface area contributed by atoms with Crippen molar-refractivity contribution in [2.75, 3.05) is 13.2 Å². The van der Waals surface area contributed by atoms with Crippen LogP contribution in [0.4, 0.5) is 0 Å². The Kier molecular flexibility index (Phi) is 28.3. The number of hydrogen-bond donors (Lipinski definition) is 2. The van der Waals surface area contributed by atoms with Crippen LogP contribution in [0.15, 0.2) is 0 Å². The Morgan fingerprint density at radius 3 is 1.33 bits per heavy atom. The number of aliphatic hydroxyl groups is 2. The fourth-order valence-electron chi connectivity index (χ4n) is 0. The molecule has 0 aliphatic rings. The van der Waals surface area contributed by atoms with Gasteiger partial charge in [0.25, 0.3) is 0 Å². The molecule has 0 aliphatic carbocycles. The molecular weight excluding hydrogens is 155 g/mol. The summed E-state index contributed by atoms with van der Waals surface area (Å²) in [6, 6.07) is 0. The van der Waals surface area contributed by atoms with Gasteiger partial charge in [0.05, 0.1) is 13.2 Å². The molecule has 0 fully saturated rings. The van der Waals surface area contributed by atoms with E-state index in [4.69, 9.17) is 10.2 Å². The molecule has 0 aromatic heterocycles. The predicted octanol–water partition coefficient (Wildman–Crippen LogP) is -0.342. The summed E-state index contributed by atoms with van der Waals surface area (Å²) in [4.78, 5) is 0. The second-order valence-corrected chi connectivity index (χ2v) is 0.447. The van der Waals surface area contributed by atoms with Crippen molar-refractivity contribution in [3.63, 3.8) is 0 Å². The third-order valence-corrected chi connectivity index (χ3v) is 0.1000. The Labute approximate surface area is 49.2 Å². The Bertz CT molecular complexity index is 13.5. The molecule has 0 aliphatic heterocycles. The first-order chi connectivity index (χ1) is 2.91. The number of aliphatic hydroxyl groups excluding tert-OH is 2. The third-order valence-electron chi connectivity index (χ3n) is 0.1000. The van der Waals surface area contributed by atoms with Crippen LogP contribution in [0, 0.1) is 0 Å². The molecule has 0 atom stereocenters. The Morgan fingerprint density at radius 2 is 1.33 bits per heavy atom. The molecule has 2 nitrogen and oxygen atoms in total. The number of rotatable bonds is 1. The molecule has 0 heterocycles. The molecule has 44 valence electrons. The van der Waals surface area contributed by atoms with Crippen molar-refractivity contribution in [3.8, 4) is 0 Å². The molecule has 0 saturated heterocycles. The van der Waals surface area contributed by atoms with Gasteiger partial charge in [0.2, 0.25) is 0 Å². The average Bonchev–Trinajstić information content (AvgIpc) is 1.72. The summed E-state index contributed by atoms with van der Waals surface area (Å²) in [5, 5.41) is 15.2. The second-order valence-electron chi connectivity index (χ2n) is 0.447. The van der Waals surface area contributed by atoms with Crippen molar-refractivity contribution in [1.29, 1.82) is 0 Å². The van der Waals surface area contributed by atoms with E-state index in [1.807, 2.05) is 0 Å². The minimum absolute atomic E-state index is 0.125. The van der Waals surface area contributed by atoms with E-state index in [0.717, 1.165) is 0 Å². The van der Waals surface area contributed by atoms with Gasteiger partial charge in [-0.15, -0.1) is 0 Å². The van der Waals surface area contributed by atoms with Gasteiger partial charge in [0, 0.05) is 0 Å². The SMILES string of the molecule is OCCO.[Cl][Cu]. The molecular formula is C2H6ClCuO2. The van der Waals surface area contributed by atoms with Crippen LogP contribution >= 0.6 is 10.1 Å². The number of hydrogen-bond acceptors (Lipinski definition) is 2. The van der Waals surface area contributed by atoms with Crippen LogP contribution in [0.3, 0.4) is 0 Å². The van der Waals surface area contributed by atoms with Crippen LogP contribution < -0.4 is 0 Å². The summed E-state index contributed by atoms with van der Waals surface area (Å²) in [7, 11) is 4.20. The van der Waals surface area contributed by atoms with Gasteiger partial charge in [-0.1, -0.05) is 0 Å². The molecule has 0 aromatic carbocycles. The molecule has 0 radical (unpaired) electrons. The van der Waals surface area contributed by atoms with Crippen molar-refractivity contribution in [2.45, 2.75) is 0 Å². The van der Waals surface area contributed by atoms with E-state index < -0.39 is 0 Å². The fourth-order valence-corrected chi connectivity index (χ4v) is 0. The van der Waals surface area contributed by atoms with Gasteiger partial charge in [-0.25, -0.2) is 0 Å².